The second kappa shape index (κ2) is 5.16. The van der Waals surface area contributed by atoms with Crippen LogP contribution in [0.4, 0.5) is 4.79 Å². The molecule has 0 aliphatic heterocycles. The lowest BCUT2D eigenvalue weighted by molar-refractivity contribution is 0.249. The Morgan fingerprint density at radius 1 is 1.56 bits per heavy atom. The fourth-order valence-corrected chi connectivity index (χ4v) is 1.31. The first-order valence-corrected chi connectivity index (χ1v) is 4.96. The molecule has 0 aromatic heterocycles. The average molecular weight is 221 g/mol. The van der Waals surface area contributed by atoms with Gasteiger partial charge >= 0.3 is 6.03 Å². The monoisotopic (exact) mass is 221 g/mol. The number of carbonyl (C=O) groups is 1. The molecule has 1 aromatic rings. The van der Waals surface area contributed by atoms with E-state index in [1.165, 1.54) is 0 Å². The Balaban J connectivity index is 2.99. The van der Waals surface area contributed by atoms with Crippen LogP contribution in [0.15, 0.2) is 23.3 Å². The second-order valence-electron chi connectivity index (χ2n) is 3.39. The molecule has 16 heavy (non-hydrogen) atoms. The van der Waals surface area contributed by atoms with E-state index >= 15 is 0 Å². The number of hydrazone groups is 1. The summed E-state index contributed by atoms with van der Waals surface area (Å²) in [5.74, 6) is 0.238. The van der Waals surface area contributed by atoms with Crippen LogP contribution in [-0.4, -0.2) is 16.8 Å². The van der Waals surface area contributed by atoms with E-state index in [0.717, 1.165) is 11.1 Å². The van der Waals surface area contributed by atoms with Crippen molar-refractivity contribution < 1.29 is 9.90 Å². The summed E-state index contributed by atoms with van der Waals surface area (Å²) in [5, 5.41) is 13.3. The molecule has 2 amide bonds. The maximum absolute atomic E-state index is 10.5. The number of phenols is 1. The summed E-state index contributed by atoms with van der Waals surface area (Å²) >= 11 is 0. The number of primary amides is 1. The highest BCUT2D eigenvalue weighted by Gasteiger charge is 2.04. The second-order valence-corrected chi connectivity index (χ2v) is 3.39. The number of nitrogens with zero attached hydrogens (tertiary/aromatic N) is 1. The smallest absolute Gasteiger partial charge is 0.332 e. The van der Waals surface area contributed by atoms with E-state index < -0.39 is 6.03 Å². The molecule has 0 spiro atoms. The topological polar surface area (TPSA) is 87.7 Å². The highest BCUT2D eigenvalue weighted by molar-refractivity contribution is 6.01. The van der Waals surface area contributed by atoms with Gasteiger partial charge in [-0.2, -0.15) is 5.10 Å². The van der Waals surface area contributed by atoms with Crippen LogP contribution in [0.5, 0.6) is 5.75 Å². The molecule has 5 heteroatoms. The number of hydrogen-bond donors (Lipinski definition) is 3. The third kappa shape index (κ3) is 2.98. The third-order valence-electron chi connectivity index (χ3n) is 2.17. The van der Waals surface area contributed by atoms with Crippen LogP contribution in [0.1, 0.15) is 24.5 Å². The zero-order valence-corrected chi connectivity index (χ0v) is 9.32. The van der Waals surface area contributed by atoms with Crippen LogP contribution in [0.25, 0.3) is 0 Å². The predicted octanol–water partition coefficient (Wildman–Crippen LogP) is 1.48. The lowest BCUT2D eigenvalue weighted by atomic mass is 10.1. The minimum absolute atomic E-state index is 0.238. The standard InChI is InChI=1S/C11H15N3O2/c1-3-9(13-14-11(12)16)8-4-5-10(15)7(2)6-8/h4-6,15H,3H2,1-2H3,(H3,12,14,16)/b13-9+. The quantitative estimate of drug-likeness (QED) is 0.533. The Labute approximate surface area is 94.0 Å². The van der Waals surface area contributed by atoms with Crippen molar-refractivity contribution in [1.29, 1.82) is 0 Å². The molecule has 0 aliphatic carbocycles. The number of hydrogen-bond acceptors (Lipinski definition) is 3. The van der Waals surface area contributed by atoms with Crippen LogP contribution in [0, 0.1) is 6.92 Å². The Hall–Kier alpha value is -2.04. The SMILES string of the molecule is CC/C(=N\NC(N)=O)c1ccc(O)c(C)c1. The van der Waals surface area contributed by atoms with Crippen molar-refractivity contribution in [2.45, 2.75) is 20.3 Å². The number of amides is 2. The van der Waals surface area contributed by atoms with Gasteiger partial charge in [-0.15, -0.1) is 0 Å². The van der Waals surface area contributed by atoms with E-state index in [2.05, 4.69) is 10.5 Å². The molecular weight excluding hydrogens is 206 g/mol. The number of rotatable bonds is 3. The van der Waals surface area contributed by atoms with Gasteiger partial charge in [-0.05, 0) is 42.7 Å². The van der Waals surface area contributed by atoms with E-state index in [1.54, 1.807) is 25.1 Å². The molecule has 1 aromatic carbocycles. The largest absolute Gasteiger partial charge is 0.508 e. The van der Waals surface area contributed by atoms with Crippen LogP contribution < -0.4 is 11.2 Å². The van der Waals surface area contributed by atoms with Gasteiger partial charge in [0.05, 0.1) is 5.71 Å². The van der Waals surface area contributed by atoms with E-state index in [4.69, 9.17) is 5.73 Å². The normalized spacial score (nSPS) is 11.2. The highest BCUT2D eigenvalue weighted by Crippen LogP contribution is 2.18. The number of nitrogens with two attached hydrogens (primary N) is 1. The number of carbonyl (C=O) groups excluding carboxylic acids is 1. The van der Waals surface area contributed by atoms with Gasteiger partial charge in [-0.25, -0.2) is 10.2 Å². The molecule has 0 aliphatic rings. The molecule has 1 rings (SSSR count). The van der Waals surface area contributed by atoms with Crippen molar-refractivity contribution in [1.82, 2.24) is 5.43 Å². The van der Waals surface area contributed by atoms with Gasteiger partial charge in [0, 0.05) is 0 Å². The summed E-state index contributed by atoms with van der Waals surface area (Å²) in [7, 11) is 0. The zero-order valence-electron chi connectivity index (χ0n) is 9.32. The van der Waals surface area contributed by atoms with Gasteiger partial charge in [-0.3, -0.25) is 0 Å². The maximum Gasteiger partial charge on any atom is 0.332 e. The number of aromatic hydroxyl groups is 1. The van der Waals surface area contributed by atoms with Gasteiger partial charge < -0.3 is 10.8 Å². The van der Waals surface area contributed by atoms with E-state index in [1.807, 2.05) is 6.92 Å². The van der Waals surface area contributed by atoms with Crippen LogP contribution >= 0.6 is 0 Å². The molecule has 0 heterocycles. The van der Waals surface area contributed by atoms with Gasteiger partial charge in [-0.1, -0.05) is 6.92 Å². The van der Waals surface area contributed by atoms with Gasteiger partial charge in [0.15, 0.2) is 0 Å². The molecule has 5 nitrogen and oxygen atoms in total. The van der Waals surface area contributed by atoms with Gasteiger partial charge in [0.25, 0.3) is 0 Å². The number of nitrogens with one attached hydrogen (secondary N) is 1. The molecule has 86 valence electrons. The average Bonchev–Trinajstić information content (AvgIpc) is 2.23. The summed E-state index contributed by atoms with van der Waals surface area (Å²) in [6, 6.07) is 4.45. The number of aryl methyl sites for hydroxylation is 1. The highest BCUT2D eigenvalue weighted by atomic mass is 16.3. The van der Waals surface area contributed by atoms with Crippen molar-refractivity contribution in [2.24, 2.45) is 10.8 Å². The van der Waals surface area contributed by atoms with E-state index in [9.17, 15) is 9.90 Å². The van der Waals surface area contributed by atoms with Crippen molar-refractivity contribution in [3.63, 3.8) is 0 Å². The summed E-state index contributed by atoms with van der Waals surface area (Å²) in [6.07, 6.45) is 0.657. The van der Waals surface area contributed by atoms with Gasteiger partial charge in [0.1, 0.15) is 5.75 Å². The summed E-state index contributed by atoms with van der Waals surface area (Å²) in [5.41, 5.74) is 9.45. The first kappa shape index (κ1) is 12.0. The van der Waals surface area contributed by atoms with Crippen LogP contribution in [-0.2, 0) is 0 Å². The summed E-state index contributed by atoms with van der Waals surface area (Å²) in [6.45, 7) is 3.72. The van der Waals surface area contributed by atoms with Crippen molar-refractivity contribution in [3.05, 3.63) is 29.3 Å². The summed E-state index contributed by atoms with van der Waals surface area (Å²) < 4.78 is 0. The number of phenolic OH excluding ortho intramolecular Hbond substituents is 1. The van der Waals surface area contributed by atoms with Crippen LogP contribution in [0.2, 0.25) is 0 Å². The Morgan fingerprint density at radius 2 is 2.25 bits per heavy atom. The summed E-state index contributed by atoms with van der Waals surface area (Å²) in [4.78, 5) is 10.5. The molecule has 0 atom stereocenters. The molecule has 0 bridgehead atoms. The zero-order chi connectivity index (χ0) is 12.1. The lowest BCUT2D eigenvalue weighted by Gasteiger charge is -2.06. The maximum atomic E-state index is 10.5. The van der Waals surface area contributed by atoms with Crippen LogP contribution in [0.3, 0.4) is 0 Å². The number of benzene rings is 1. The molecule has 0 saturated heterocycles. The molecular formula is C11H15N3O2. The Bertz CT molecular complexity index is 427. The molecule has 0 fully saturated rings. The molecule has 0 radical (unpaired) electrons. The van der Waals surface area contributed by atoms with Gasteiger partial charge in [0.2, 0.25) is 0 Å². The molecule has 4 N–H and O–H groups in total. The van der Waals surface area contributed by atoms with Crippen molar-refractivity contribution >= 4 is 11.7 Å². The minimum Gasteiger partial charge on any atom is -0.508 e. The van der Waals surface area contributed by atoms with E-state index in [-0.39, 0.29) is 5.75 Å². The Morgan fingerprint density at radius 3 is 2.75 bits per heavy atom. The van der Waals surface area contributed by atoms with E-state index in [0.29, 0.717) is 12.1 Å². The lowest BCUT2D eigenvalue weighted by Crippen LogP contribution is -2.25. The fourth-order valence-electron chi connectivity index (χ4n) is 1.31. The fraction of sp³-hybridized carbons (Fsp3) is 0.273. The van der Waals surface area contributed by atoms with Crippen molar-refractivity contribution in [3.8, 4) is 5.75 Å². The molecule has 0 saturated carbocycles. The first-order chi connectivity index (χ1) is 7.54. The third-order valence-corrected chi connectivity index (χ3v) is 2.17. The Kier molecular flexibility index (Phi) is 3.88. The van der Waals surface area contributed by atoms with Crippen molar-refractivity contribution in [2.75, 3.05) is 0 Å². The predicted molar refractivity (Wildman–Crippen MR) is 62.4 cm³/mol. The minimum atomic E-state index is -0.693. The first-order valence-electron chi connectivity index (χ1n) is 4.96. The number of urea groups is 1. The molecule has 0 unspecified atom stereocenters.